The monoisotopic (exact) mass is 399 g/mol. The van der Waals surface area contributed by atoms with Gasteiger partial charge in [-0.05, 0) is 43.9 Å². The van der Waals surface area contributed by atoms with Gasteiger partial charge in [-0.1, -0.05) is 42.5 Å². The number of amides is 1. The highest BCUT2D eigenvalue weighted by Gasteiger charge is 2.30. The topological polar surface area (TPSA) is 81.9 Å². The predicted molar refractivity (Wildman–Crippen MR) is 117 cm³/mol. The standard InChI is InChI=1S/C24H25N5O/c1-17(18-10-4-2-5-11-18)26-24(30)19(16-25)22-23(29-14-8-3-9-15-29)28-21-13-7-6-12-20(21)27-22/h2,4-7,10-13,17,19H,3,8-9,14-15H2,1H3,(H,26,30)/t17-,19-/m1/s1. The van der Waals surface area contributed by atoms with Gasteiger partial charge >= 0.3 is 0 Å². The third-order valence-corrected chi connectivity index (χ3v) is 5.56. The number of anilines is 1. The van der Waals surface area contributed by atoms with Crippen molar-refractivity contribution >= 4 is 22.8 Å². The zero-order valence-electron chi connectivity index (χ0n) is 17.1. The van der Waals surface area contributed by atoms with Crippen LogP contribution in [0.15, 0.2) is 54.6 Å². The lowest BCUT2D eigenvalue weighted by molar-refractivity contribution is -0.122. The molecule has 1 N–H and O–H groups in total. The second-order valence-corrected chi connectivity index (χ2v) is 7.67. The average molecular weight is 399 g/mol. The van der Waals surface area contributed by atoms with E-state index in [2.05, 4.69) is 16.3 Å². The fraction of sp³-hybridized carbons (Fsp3) is 0.333. The quantitative estimate of drug-likeness (QED) is 0.698. The SMILES string of the molecule is C[C@@H](NC(=O)[C@H](C#N)c1nc2ccccc2nc1N1CCCCC1)c1ccccc1. The Morgan fingerprint density at radius 2 is 1.63 bits per heavy atom. The highest BCUT2D eigenvalue weighted by Crippen LogP contribution is 2.29. The van der Waals surface area contributed by atoms with E-state index in [0.717, 1.165) is 37.0 Å². The molecule has 30 heavy (non-hydrogen) atoms. The average Bonchev–Trinajstić information content (AvgIpc) is 2.80. The summed E-state index contributed by atoms with van der Waals surface area (Å²) in [6.45, 7) is 3.64. The first-order chi connectivity index (χ1) is 14.7. The molecule has 1 saturated heterocycles. The molecular formula is C24H25N5O. The minimum atomic E-state index is -1.02. The van der Waals surface area contributed by atoms with E-state index in [1.807, 2.05) is 61.5 Å². The summed E-state index contributed by atoms with van der Waals surface area (Å²) in [6, 6.07) is 19.3. The number of benzene rings is 2. The van der Waals surface area contributed by atoms with Gasteiger partial charge in [0, 0.05) is 13.1 Å². The molecule has 1 aliphatic rings. The van der Waals surface area contributed by atoms with Crippen molar-refractivity contribution in [3.05, 3.63) is 65.9 Å². The van der Waals surface area contributed by atoms with Gasteiger partial charge in [-0.15, -0.1) is 0 Å². The molecule has 1 fully saturated rings. The second kappa shape index (κ2) is 8.91. The zero-order valence-corrected chi connectivity index (χ0v) is 17.1. The first-order valence-electron chi connectivity index (χ1n) is 10.4. The van der Waals surface area contributed by atoms with Gasteiger partial charge in [0.05, 0.1) is 23.1 Å². The van der Waals surface area contributed by atoms with Crippen LogP contribution in [0.25, 0.3) is 11.0 Å². The summed E-state index contributed by atoms with van der Waals surface area (Å²) in [5.41, 5.74) is 2.90. The number of fused-ring (bicyclic) bond motifs is 1. The minimum Gasteiger partial charge on any atom is -0.355 e. The molecule has 1 amide bonds. The molecule has 6 nitrogen and oxygen atoms in total. The molecule has 3 aromatic rings. The Kier molecular flexibility index (Phi) is 5.89. The Balaban J connectivity index is 1.69. The van der Waals surface area contributed by atoms with E-state index in [-0.39, 0.29) is 11.9 Å². The van der Waals surface area contributed by atoms with Crippen LogP contribution in [0, 0.1) is 11.3 Å². The summed E-state index contributed by atoms with van der Waals surface area (Å²) in [4.78, 5) is 24.8. The van der Waals surface area contributed by atoms with Crippen LogP contribution < -0.4 is 10.2 Å². The third kappa shape index (κ3) is 4.11. The molecule has 4 rings (SSSR count). The summed E-state index contributed by atoms with van der Waals surface area (Å²) < 4.78 is 0. The molecule has 1 aliphatic heterocycles. The van der Waals surface area contributed by atoms with Gasteiger partial charge in [-0.2, -0.15) is 5.26 Å². The Bertz CT molecular complexity index is 1070. The molecule has 0 bridgehead atoms. The molecule has 0 radical (unpaired) electrons. The first-order valence-corrected chi connectivity index (χ1v) is 10.4. The number of hydrogen-bond donors (Lipinski definition) is 1. The molecule has 152 valence electrons. The van der Waals surface area contributed by atoms with Crippen LogP contribution in [0.5, 0.6) is 0 Å². The Labute approximate surface area is 176 Å². The van der Waals surface area contributed by atoms with E-state index in [0.29, 0.717) is 17.0 Å². The fourth-order valence-electron chi connectivity index (χ4n) is 3.90. The Hall–Kier alpha value is -3.46. The van der Waals surface area contributed by atoms with Gasteiger partial charge in [-0.25, -0.2) is 9.97 Å². The molecule has 0 unspecified atom stereocenters. The number of nitriles is 1. The maximum absolute atomic E-state index is 13.1. The fourth-order valence-corrected chi connectivity index (χ4v) is 3.90. The number of nitrogens with zero attached hydrogens (tertiary/aromatic N) is 4. The minimum absolute atomic E-state index is 0.207. The van der Waals surface area contributed by atoms with Crippen molar-refractivity contribution < 1.29 is 4.79 Å². The van der Waals surface area contributed by atoms with Gasteiger partial charge in [0.25, 0.3) is 0 Å². The van der Waals surface area contributed by atoms with Crippen LogP contribution in [0.4, 0.5) is 5.82 Å². The lowest BCUT2D eigenvalue weighted by atomic mass is 10.0. The van der Waals surface area contributed by atoms with Crippen molar-refractivity contribution in [3.63, 3.8) is 0 Å². The van der Waals surface area contributed by atoms with Crippen molar-refractivity contribution in [2.45, 2.75) is 38.1 Å². The highest BCUT2D eigenvalue weighted by atomic mass is 16.1. The van der Waals surface area contributed by atoms with E-state index < -0.39 is 5.92 Å². The molecule has 0 saturated carbocycles. The highest BCUT2D eigenvalue weighted by molar-refractivity contribution is 5.89. The lowest BCUT2D eigenvalue weighted by Gasteiger charge is -2.30. The number of carbonyl (C=O) groups excluding carboxylic acids is 1. The van der Waals surface area contributed by atoms with Crippen LogP contribution in [0.3, 0.4) is 0 Å². The number of carbonyl (C=O) groups is 1. The second-order valence-electron chi connectivity index (χ2n) is 7.67. The van der Waals surface area contributed by atoms with E-state index in [1.54, 1.807) is 0 Å². The third-order valence-electron chi connectivity index (χ3n) is 5.56. The lowest BCUT2D eigenvalue weighted by Crippen LogP contribution is -2.35. The van der Waals surface area contributed by atoms with Gasteiger partial charge in [0.2, 0.25) is 5.91 Å². The van der Waals surface area contributed by atoms with E-state index in [9.17, 15) is 10.1 Å². The molecule has 1 aromatic heterocycles. The normalized spacial score (nSPS) is 15.9. The number of hydrogen-bond acceptors (Lipinski definition) is 5. The first kappa shape index (κ1) is 19.8. The predicted octanol–water partition coefficient (Wildman–Crippen LogP) is 4.10. The van der Waals surface area contributed by atoms with Crippen molar-refractivity contribution in [2.75, 3.05) is 18.0 Å². The van der Waals surface area contributed by atoms with E-state index >= 15 is 0 Å². The summed E-state index contributed by atoms with van der Waals surface area (Å²) in [5.74, 6) is -0.718. The molecule has 6 heteroatoms. The molecule has 2 aromatic carbocycles. The van der Waals surface area contributed by atoms with Crippen molar-refractivity contribution in [2.24, 2.45) is 0 Å². The molecule has 2 atom stereocenters. The van der Waals surface area contributed by atoms with Crippen molar-refractivity contribution in [1.29, 1.82) is 5.26 Å². The van der Waals surface area contributed by atoms with Gasteiger partial charge in [0.1, 0.15) is 5.69 Å². The summed E-state index contributed by atoms with van der Waals surface area (Å²) in [6.07, 6.45) is 3.33. The van der Waals surface area contributed by atoms with E-state index in [1.165, 1.54) is 6.42 Å². The van der Waals surface area contributed by atoms with Crippen LogP contribution >= 0.6 is 0 Å². The maximum Gasteiger partial charge on any atom is 0.244 e. The van der Waals surface area contributed by atoms with Gasteiger partial charge < -0.3 is 10.2 Å². The molecule has 0 spiro atoms. The van der Waals surface area contributed by atoms with Gasteiger partial charge in [0.15, 0.2) is 11.7 Å². The summed E-state index contributed by atoms with van der Waals surface area (Å²) in [5, 5.41) is 12.9. The van der Waals surface area contributed by atoms with Crippen LogP contribution in [0.1, 0.15) is 49.4 Å². The van der Waals surface area contributed by atoms with Crippen LogP contribution in [-0.2, 0) is 4.79 Å². The van der Waals surface area contributed by atoms with Crippen molar-refractivity contribution in [3.8, 4) is 6.07 Å². The van der Waals surface area contributed by atoms with Crippen LogP contribution in [0.2, 0.25) is 0 Å². The number of para-hydroxylation sites is 2. The van der Waals surface area contributed by atoms with E-state index in [4.69, 9.17) is 9.97 Å². The zero-order chi connectivity index (χ0) is 20.9. The Morgan fingerprint density at radius 1 is 1.00 bits per heavy atom. The Morgan fingerprint density at radius 3 is 2.30 bits per heavy atom. The van der Waals surface area contributed by atoms with Crippen LogP contribution in [-0.4, -0.2) is 29.0 Å². The molecular weight excluding hydrogens is 374 g/mol. The summed E-state index contributed by atoms with van der Waals surface area (Å²) in [7, 11) is 0. The number of rotatable bonds is 5. The number of aromatic nitrogens is 2. The summed E-state index contributed by atoms with van der Waals surface area (Å²) >= 11 is 0. The number of piperidine rings is 1. The largest absolute Gasteiger partial charge is 0.355 e. The molecule has 0 aliphatic carbocycles. The maximum atomic E-state index is 13.1. The van der Waals surface area contributed by atoms with Gasteiger partial charge in [-0.3, -0.25) is 4.79 Å². The molecule has 2 heterocycles. The number of nitrogens with one attached hydrogen (secondary N) is 1. The van der Waals surface area contributed by atoms with Crippen molar-refractivity contribution in [1.82, 2.24) is 15.3 Å². The smallest absolute Gasteiger partial charge is 0.244 e.